The Morgan fingerprint density at radius 3 is 0.722 bits per heavy atom. The monoisotopic (exact) mass is 698 g/mol. The highest BCUT2D eigenvalue weighted by Crippen LogP contribution is 2.50. The van der Waals surface area contributed by atoms with Crippen molar-refractivity contribution < 1.29 is 14.3 Å². The molecule has 0 heterocycles. The van der Waals surface area contributed by atoms with Gasteiger partial charge >= 0.3 is 6.16 Å². The maximum Gasteiger partial charge on any atom is 0.519 e. The molecule has 0 fully saturated rings. The standard InChI is InChI=1S/C51H38O3/c52-49(53-47-37-21-19-35-45(47)50(39-23-7-1-8-24-39,40-25-9-2-10-26-40)41-27-11-3-12-28-41)54-48-38-22-20-36-46(48)51(42-29-13-4-14-30-42,43-31-15-5-16-32-43)44-33-17-6-18-34-44/h1-38H. The van der Waals surface area contributed by atoms with Gasteiger partial charge in [0.25, 0.3) is 0 Å². The van der Waals surface area contributed by atoms with Crippen LogP contribution in [0.4, 0.5) is 4.79 Å². The van der Waals surface area contributed by atoms with Crippen LogP contribution in [0.25, 0.3) is 0 Å². The Morgan fingerprint density at radius 1 is 0.278 bits per heavy atom. The van der Waals surface area contributed by atoms with Gasteiger partial charge in [-0.15, -0.1) is 0 Å². The molecule has 0 N–H and O–H groups in total. The molecule has 0 spiro atoms. The van der Waals surface area contributed by atoms with Crippen LogP contribution in [0.3, 0.4) is 0 Å². The van der Waals surface area contributed by atoms with Crippen LogP contribution in [0, 0.1) is 0 Å². The normalized spacial score (nSPS) is 11.4. The highest BCUT2D eigenvalue weighted by molar-refractivity contribution is 5.73. The van der Waals surface area contributed by atoms with Gasteiger partial charge in [-0.25, -0.2) is 4.79 Å². The Kier molecular flexibility index (Phi) is 9.69. The third kappa shape index (κ3) is 6.16. The zero-order valence-electron chi connectivity index (χ0n) is 29.7. The SMILES string of the molecule is O=C(Oc1ccccc1C(c1ccccc1)(c1ccccc1)c1ccccc1)Oc1ccccc1C(c1ccccc1)(c1ccccc1)c1ccccc1. The van der Waals surface area contributed by atoms with Crippen molar-refractivity contribution in [3.05, 3.63) is 275 Å². The van der Waals surface area contributed by atoms with Crippen molar-refractivity contribution in [2.75, 3.05) is 0 Å². The van der Waals surface area contributed by atoms with E-state index in [1.807, 2.05) is 158 Å². The molecular weight excluding hydrogens is 661 g/mol. The number of rotatable bonds is 10. The van der Waals surface area contributed by atoms with Gasteiger partial charge in [0.05, 0.1) is 10.8 Å². The second kappa shape index (κ2) is 15.3. The summed E-state index contributed by atoms with van der Waals surface area (Å²) in [6, 6.07) is 77.7. The second-order valence-corrected chi connectivity index (χ2v) is 13.1. The molecule has 8 rings (SSSR count). The van der Waals surface area contributed by atoms with Crippen LogP contribution in [-0.2, 0) is 10.8 Å². The molecular formula is C51H38O3. The van der Waals surface area contributed by atoms with E-state index >= 15 is 0 Å². The highest BCUT2D eigenvalue weighted by Gasteiger charge is 2.42. The van der Waals surface area contributed by atoms with Crippen molar-refractivity contribution in [2.24, 2.45) is 0 Å². The molecule has 8 aromatic rings. The Bertz CT molecular complexity index is 2060. The van der Waals surface area contributed by atoms with E-state index in [1.165, 1.54) is 0 Å². The van der Waals surface area contributed by atoms with Crippen LogP contribution in [0.2, 0.25) is 0 Å². The van der Waals surface area contributed by atoms with E-state index in [1.54, 1.807) is 0 Å². The van der Waals surface area contributed by atoms with Crippen molar-refractivity contribution in [1.82, 2.24) is 0 Å². The van der Waals surface area contributed by atoms with Crippen LogP contribution >= 0.6 is 0 Å². The maximum atomic E-state index is 14.3. The number of carbonyl (C=O) groups is 1. The average Bonchev–Trinajstić information content (AvgIpc) is 3.25. The molecule has 54 heavy (non-hydrogen) atoms. The fraction of sp³-hybridized carbons (Fsp3) is 0.0392. The first-order valence-corrected chi connectivity index (χ1v) is 18.1. The minimum Gasteiger partial charge on any atom is -0.394 e. The topological polar surface area (TPSA) is 35.5 Å². The molecule has 0 aliphatic rings. The number of para-hydroxylation sites is 2. The first-order valence-electron chi connectivity index (χ1n) is 18.1. The Morgan fingerprint density at radius 2 is 0.481 bits per heavy atom. The first-order chi connectivity index (χ1) is 26.7. The van der Waals surface area contributed by atoms with Crippen LogP contribution in [0.15, 0.2) is 231 Å². The lowest BCUT2D eigenvalue weighted by atomic mass is 9.65. The predicted octanol–water partition coefficient (Wildman–Crippen LogP) is 12.0. The lowest BCUT2D eigenvalue weighted by molar-refractivity contribution is 0.150. The van der Waals surface area contributed by atoms with Crippen LogP contribution in [0.1, 0.15) is 44.5 Å². The molecule has 0 bridgehead atoms. The fourth-order valence-corrected chi connectivity index (χ4v) is 7.99. The third-order valence-corrected chi connectivity index (χ3v) is 10.2. The minimum absolute atomic E-state index is 0.400. The van der Waals surface area contributed by atoms with Crippen molar-refractivity contribution >= 4 is 6.16 Å². The van der Waals surface area contributed by atoms with E-state index in [9.17, 15) is 4.79 Å². The van der Waals surface area contributed by atoms with E-state index in [4.69, 9.17) is 9.47 Å². The van der Waals surface area contributed by atoms with Crippen molar-refractivity contribution in [3.63, 3.8) is 0 Å². The van der Waals surface area contributed by atoms with Gasteiger partial charge in [-0.2, -0.15) is 0 Å². The van der Waals surface area contributed by atoms with Gasteiger partial charge in [0, 0.05) is 11.1 Å². The van der Waals surface area contributed by atoms with Crippen LogP contribution < -0.4 is 9.47 Å². The van der Waals surface area contributed by atoms with E-state index in [-0.39, 0.29) is 0 Å². The van der Waals surface area contributed by atoms with E-state index in [2.05, 4.69) is 72.8 Å². The van der Waals surface area contributed by atoms with Crippen molar-refractivity contribution in [2.45, 2.75) is 10.8 Å². The Balaban J connectivity index is 1.27. The average molecular weight is 699 g/mol. The molecule has 260 valence electrons. The molecule has 3 nitrogen and oxygen atoms in total. The van der Waals surface area contributed by atoms with E-state index in [0.717, 1.165) is 44.5 Å². The molecule has 0 aliphatic carbocycles. The van der Waals surface area contributed by atoms with Gasteiger partial charge in [-0.05, 0) is 45.5 Å². The van der Waals surface area contributed by atoms with Gasteiger partial charge in [0.15, 0.2) is 0 Å². The quantitative estimate of drug-likeness (QED) is 0.0810. The predicted molar refractivity (Wildman–Crippen MR) is 216 cm³/mol. The highest BCUT2D eigenvalue weighted by atomic mass is 16.7. The molecule has 0 amide bonds. The molecule has 0 aliphatic heterocycles. The Labute approximate surface area is 316 Å². The molecule has 0 unspecified atom stereocenters. The lowest BCUT2D eigenvalue weighted by Crippen LogP contribution is -2.33. The molecule has 0 radical (unpaired) electrons. The zero-order chi connectivity index (χ0) is 36.6. The summed E-state index contributed by atoms with van der Waals surface area (Å²) in [7, 11) is 0. The third-order valence-electron chi connectivity index (χ3n) is 10.2. The summed E-state index contributed by atoms with van der Waals surface area (Å²) in [5.41, 5.74) is 6.21. The van der Waals surface area contributed by atoms with Gasteiger partial charge in [-0.3, -0.25) is 0 Å². The number of hydrogen-bond donors (Lipinski definition) is 0. The number of ether oxygens (including phenoxy) is 2. The van der Waals surface area contributed by atoms with Gasteiger partial charge in [0.1, 0.15) is 11.5 Å². The number of hydrogen-bond acceptors (Lipinski definition) is 3. The molecule has 3 heteroatoms. The van der Waals surface area contributed by atoms with E-state index < -0.39 is 17.0 Å². The summed E-state index contributed by atoms with van der Waals surface area (Å²) in [4.78, 5) is 14.3. The zero-order valence-corrected chi connectivity index (χ0v) is 29.7. The molecule has 0 saturated carbocycles. The van der Waals surface area contributed by atoms with Crippen molar-refractivity contribution in [3.8, 4) is 11.5 Å². The van der Waals surface area contributed by atoms with Gasteiger partial charge in [0.2, 0.25) is 0 Å². The maximum absolute atomic E-state index is 14.3. The summed E-state index contributed by atoms with van der Waals surface area (Å²) >= 11 is 0. The fourth-order valence-electron chi connectivity index (χ4n) is 7.99. The molecule has 0 atom stereocenters. The largest absolute Gasteiger partial charge is 0.519 e. The van der Waals surface area contributed by atoms with Gasteiger partial charge < -0.3 is 9.47 Å². The van der Waals surface area contributed by atoms with Crippen LogP contribution in [0.5, 0.6) is 11.5 Å². The summed E-state index contributed by atoms with van der Waals surface area (Å²) in [5, 5.41) is 0. The van der Waals surface area contributed by atoms with Crippen molar-refractivity contribution in [1.29, 1.82) is 0 Å². The minimum atomic E-state index is -0.832. The summed E-state index contributed by atoms with van der Waals surface area (Å²) < 4.78 is 12.7. The lowest BCUT2D eigenvalue weighted by Gasteiger charge is -2.38. The Hall–Kier alpha value is -6.97. The first kappa shape index (κ1) is 34.1. The summed E-state index contributed by atoms with van der Waals surface area (Å²) in [5.74, 6) is 0.800. The molecule has 0 saturated heterocycles. The molecule has 0 aromatic heterocycles. The smallest absolute Gasteiger partial charge is 0.394 e. The van der Waals surface area contributed by atoms with E-state index in [0.29, 0.717) is 11.5 Å². The molecule has 8 aromatic carbocycles. The van der Waals surface area contributed by atoms with Gasteiger partial charge in [-0.1, -0.05) is 218 Å². The number of carbonyl (C=O) groups excluding carboxylic acids is 1. The second-order valence-electron chi connectivity index (χ2n) is 13.1. The summed E-state index contributed by atoms with van der Waals surface area (Å²) in [6.45, 7) is 0. The van der Waals surface area contributed by atoms with Crippen LogP contribution in [-0.4, -0.2) is 6.16 Å². The summed E-state index contributed by atoms with van der Waals surface area (Å²) in [6.07, 6.45) is -0.832. The number of benzene rings is 8.